The summed E-state index contributed by atoms with van der Waals surface area (Å²) in [4.78, 5) is 21.0. The number of quaternary nitrogens is 1. The van der Waals surface area contributed by atoms with E-state index in [4.69, 9.17) is 5.11 Å². The second kappa shape index (κ2) is 6.32. The maximum Gasteiger partial charge on any atom is 0.330 e. The first-order valence-electron chi connectivity index (χ1n) is 4.75. The van der Waals surface area contributed by atoms with E-state index in [1.807, 2.05) is 21.1 Å². The SMILES string of the molecule is C[N+](C)(C)CCCOP(=O)([O-])OCC(=O)O. The number of carboxylic acids is 1. The van der Waals surface area contributed by atoms with Crippen LogP contribution < -0.4 is 4.89 Å². The van der Waals surface area contributed by atoms with Crippen LogP contribution in [0.3, 0.4) is 0 Å². The van der Waals surface area contributed by atoms with Crippen LogP contribution in [0.4, 0.5) is 0 Å². The number of carboxylic acid groups (broad SMARTS) is 1. The molecule has 0 bridgehead atoms. The Hall–Kier alpha value is -0.460. The molecule has 0 aromatic carbocycles. The number of aliphatic carboxylic acids is 1. The first-order chi connectivity index (χ1) is 7.12. The minimum absolute atomic E-state index is 0.00405. The Morgan fingerprint density at radius 1 is 1.38 bits per heavy atom. The number of hydrogen-bond acceptors (Lipinski definition) is 5. The molecule has 0 aliphatic heterocycles. The van der Waals surface area contributed by atoms with Crippen molar-refractivity contribution in [2.45, 2.75) is 6.42 Å². The normalized spacial score (nSPS) is 15.8. The molecule has 7 nitrogen and oxygen atoms in total. The maximum atomic E-state index is 11.0. The number of carbonyl (C=O) groups is 1. The standard InChI is InChI=1S/C8H18NO6P/c1-9(2,3)5-4-6-14-16(12,13)15-7-8(10)11/h4-7H2,1-3H3,(H-,10,11,12,13). The first-order valence-corrected chi connectivity index (χ1v) is 6.21. The first kappa shape index (κ1) is 15.5. The molecule has 1 unspecified atom stereocenters. The number of rotatable bonds is 8. The molecule has 0 aliphatic carbocycles. The summed E-state index contributed by atoms with van der Waals surface area (Å²) in [5.74, 6) is -1.36. The minimum atomic E-state index is -4.47. The topological polar surface area (TPSA) is 95.9 Å². The molecule has 0 saturated carbocycles. The van der Waals surface area contributed by atoms with Gasteiger partial charge in [-0.1, -0.05) is 0 Å². The van der Waals surface area contributed by atoms with Gasteiger partial charge in [0, 0.05) is 6.42 Å². The third kappa shape index (κ3) is 10.1. The molecule has 0 aromatic rings. The van der Waals surface area contributed by atoms with E-state index in [2.05, 4.69) is 9.05 Å². The predicted molar refractivity (Wildman–Crippen MR) is 54.7 cm³/mol. The lowest BCUT2D eigenvalue weighted by Crippen LogP contribution is -2.35. The summed E-state index contributed by atoms with van der Waals surface area (Å²) in [7, 11) is 1.44. The van der Waals surface area contributed by atoms with Crippen molar-refractivity contribution in [2.75, 3.05) is 40.9 Å². The van der Waals surface area contributed by atoms with Crippen LogP contribution in [0, 0.1) is 0 Å². The molecule has 0 amide bonds. The quantitative estimate of drug-likeness (QED) is 0.362. The zero-order chi connectivity index (χ0) is 12.8. The minimum Gasteiger partial charge on any atom is -0.756 e. The molecule has 1 atom stereocenters. The molecule has 0 rings (SSSR count). The average molecular weight is 255 g/mol. The number of phosphoric acid groups is 1. The van der Waals surface area contributed by atoms with Crippen LogP contribution in [0.5, 0.6) is 0 Å². The van der Waals surface area contributed by atoms with Crippen molar-refractivity contribution < 1.29 is 32.9 Å². The summed E-state index contributed by atoms with van der Waals surface area (Å²) < 4.78 is 20.2. The summed E-state index contributed by atoms with van der Waals surface area (Å²) in [5.41, 5.74) is 0. The summed E-state index contributed by atoms with van der Waals surface area (Å²) in [6.07, 6.45) is 0.548. The molecule has 8 heteroatoms. The van der Waals surface area contributed by atoms with Crippen LogP contribution in [-0.4, -0.2) is 56.5 Å². The van der Waals surface area contributed by atoms with Crippen LogP contribution in [0.1, 0.15) is 6.42 Å². The van der Waals surface area contributed by atoms with Crippen molar-refractivity contribution in [3.63, 3.8) is 0 Å². The highest BCUT2D eigenvalue weighted by atomic mass is 31.2. The van der Waals surface area contributed by atoms with Crippen molar-refractivity contribution in [1.82, 2.24) is 0 Å². The lowest BCUT2D eigenvalue weighted by atomic mass is 10.4. The zero-order valence-corrected chi connectivity index (χ0v) is 10.6. The zero-order valence-electron chi connectivity index (χ0n) is 9.71. The van der Waals surface area contributed by atoms with Gasteiger partial charge in [0.05, 0.1) is 34.3 Å². The van der Waals surface area contributed by atoms with E-state index in [-0.39, 0.29) is 6.61 Å². The van der Waals surface area contributed by atoms with E-state index in [0.29, 0.717) is 10.9 Å². The Balaban J connectivity index is 3.74. The predicted octanol–water partition coefficient (Wildman–Crippen LogP) is -0.331. The Morgan fingerprint density at radius 3 is 2.38 bits per heavy atom. The Kier molecular flexibility index (Phi) is 6.14. The van der Waals surface area contributed by atoms with Crippen LogP contribution in [0.2, 0.25) is 0 Å². The fraction of sp³-hybridized carbons (Fsp3) is 0.875. The van der Waals surface area contributed by atoms with E-state index in [1.54, 1.807) is 0 Å². The van der Waals surface area contributed by atoms with Gasteiger partial charge in [-0.3, -0.25) is 4.57 Å². The fourth-order valence-corrected chi connectivity index (χ4v) is 1.58. The highest BCUT2D eigenvalue weighted by molar-refractivity contribution is 7.45. The molecule has 96 valence electrons. The van der Waals surface area contributed by atoms with Gasteiger partial charge in [0.15, 0.2) is 6.61 Å². The van der Waals surface area contributed by atoms with Crippen molar-refractivity contribution in [3.8, 4) is 0 Å². The summed E-state index contributed by atoms with van der Waals surface area (Å²) in [6, 6.07) is 0. The van der Waals surface area contributed by atoms with Crippen LogP contribution in [0.25, 0.3) is 0 Å². The van der Waals surface area contributed by atoms with Gasteiger partial charge in [-0.05, 0) is 0 Å². The molecular formula is C8H18NO6P. The molecule has 0 saturated heterocycles. The van der Waals surface area contributed by atoms with Gasteiger partial charge in [-0.25, -0.2) is 4.79 Å². The van der Waals surface area contributed by atoms with E-state index < -0.39 is 20.4 Å². The Labute approximate surface area is 94.8 Å². The average Bonchev–Trinajstić information content (AvgIpc) is 2.08. The molecule has 16 heavy (non-hydrogen) atoms. The van der Waals surface area contributed by atoms with E-state index in [0.717, 1.165) is 6.54 Å². The second-order valence-corrected chi connectivity index (χ2v) is 5.73. The summed E-state index contributed by atoms with van der Waals surface area (Å²) in [5, 5.41) is 8.21. The molecule has 0 radical (unpaired) electrons. The monoisotopic (exact) mass is 255 g/mol. The van der Waals surface area contributed by atoms with Crippen molar-refractivity contribution >= 4 is 13.8 Å². The molecule has 0 fully saturated rings. The third-order valence-corrected chi connectivity index (χ3v) is 2.51. The van der Waals surface area contributed by atoms with Gasteiger partial charge < -0.3 is 23.5 Å². The Bertz CT molecular complexity index is 274. The summed E-state index contributed by atoms with van der Waals surface area (Å²) in [6.45, 7) is -0.162. The highest BCUT2D eigenvalue weighted by Gasteiger charge is 2.13. The molecule has 1 N–H and O–H groups in total. The summed E-state index contributed by atoms with van der Waals surface area (Å²) >= 11 is 0. The van der Waals surface area contributed by atoms with Crippen LogP contribution in [0.15, 0.2) is 0 Å². The fourth-order valence-electron chi connectivity index (χ4n) is 0.887. The van der Waals surface area contributed by atoms with Gasteiger partial charge in [-0.15, -0.1) is 0 Å². The number of phosphoric ester groups is 1. The molecular weight excluding hydrogens is 237 g/mol. The van der Waals surface area contributed by atoms with E-state index >= 15 is 0 Å². The lowest BCUT2D eigenvalue weighted by Gasteiger charge is -2.25. The van der Waals surface area contributed by atoms with Crippen molar-refractivity contribution in [2.24, 2.45) is 0 Å². The smallest absolute Gasteiger partial charge is 0.330 e. The number of hydrogen-bond donors (Lipinski definition) is 1. The maximum absolute atomic E-state index is 11.0. The second-order valence-electron chi connectivity index (χ2n) is 4.32. The molecule has 0 aliphatic rings. The Morgan fingerprint density at radius 2 is 1.94 bits per heavy atom. The molecule has 0 heterocycles. The molecule has 0 spiro atoms. The highest BCUT2D eigenvalue weighted by Crippen LogP contribution is 2.37. The van der Waals surface area contributed by atoms with Gasteiger partial charge in [-0.2, -0.15) is 0 Å². The van der Waals surface area contributed by atoms with Gasteiger partial charge >= 0.3 is 5.97 Å². The van der Waals surface area contributed by atoms with Gasteiger partial charge in [0.1, 0.15) is 0 Å². The van der Waals surface area contributed by atoms with E-state index in [1.165, 1.54) is 0 Å². The van der Waals surface area contributed by atoms with E-state index in [9.17, 15) is 14.3 Å². The van der Waals surface area contributed by atoms with Crippen molar-refractivity contribution in [3.05, 3.63) is 0 Å². The lowest BCUT2D eigenvalue weighted by molar-refractivity contribution is -0.870. The van der Waals surface area contributed by atoms with Gasteiger partial charge in [0.25, 0.3) is 7.82 Å². The van der Waals surface area contributed by atoms with Crippen LogP contribution in [-0.2, 0) is 18.4 Å². The van der Waals surface area contributed by atoms with Gasteiger partial charge in [0.2, 0.25) is 0 Å². The molecule has 0 aromatic heterocycles. The third-order valence-electron chi connectivity index (χ3n) is 1.57. The van der Waals surface area contributed by atoms with Crippen molar-refractivity contribution in [1.29, 1.82) is 0 Å². The van der Waals surface area contributed by atoms with Crippen LogP contribution >= 0.6 is 7.82 Å². The number of nitrogens with zero attached hydrogens (tertiary/aromatic N) is 1. The largest absolute Gasteiger partial charge is 0.756 e.